The van der Waals surface area contributed by atoms with Crippen LogP contribution in [0.4, 0.5) is 16.3 Å². The molecule has 3 rings (SSSR count). The van der Waals surface area contributed by atoms with E-state index in [1.807, 2.05) is 39.5 Å². The molecule has 1 aromatic heterocycles. The van der Waals surface area contributed by atoms with Gasteiger partial charge in [-0.2, -0.15) is 10.4 Å². The summed E-state index contributed by atoms with van der Waals surface area (Å²) < 4.78 is 7.13. The van der Waals surface area contributed by atoms with Gasteiger partial charge in [-0.25, -0.2) is 4.79 Å². The normalized spacial score (nSPS) is 14.8. The molecular formula is C29H41N7O4. The lowest BCUT2D eigenvalue weighted by Crippen LogP contribution is -2.49. The first-order valence-corrected chi connectivity index (χ1v) is 13.8. The zero-order valence-electron chi connectivity index (χ0n) is 24.2. The van der Waals surface area contributed by atoms with Gasteiger partial charge in [0.15, 0.2) is 5.82 Å². The summed E-state index contributed by atoms with van der Waals surface area (Å²) in [6.45, 7) is 11.7. The number of nitrogens with two attached hydrogens (primary N) is 1. The number of rotatable bonds is 10. The Balaban J connectivity index is 1.81. The number of ether oxygens (including phenoxy) is 1. The zero-order valence-corrected chi connectivity index (χ0v) is 24.2. The van der Waals surface area contributed by atoms with Gasteiger partial charge in [0.05, 0.1) is 18.0 Å². The predicted molar refractivity (Wildman–Crippen MR) is 152 cm³/mol. The van der Waals surface area contributed by atoms with E-state index in [2.05, 4.69) is 16.5 Å². The molecule has 1 saturated heterocycles. The van der Waals surface area contributed by atoms with Gasteiger partial charge in [0.1, 0.15) is 11.2 Å². The Morgan fingerprint density at radius 3 is 2.23 bits per heavy atom. The first-order valence-electron chi connectivity index (χ1n) is 13.8. The van der Waals surface area contributed by atoms with E-state index in [4.69, 9.17) is 10.5 Å². The Hall–Kier alpha value is -4.07. The average Bonchev–Trinajstić information content (AvgIpc) is 3.33. The van der Waals surface area contributed by atoms with Crippen molar-refractivity contribution in [3.8, 4) is 6.07 Å². The fourth-order valence-electron chi connectivity index (χ4n) is 4.83. The predicted octanol–water partition coefficient (Wildman–Crippen LogP) is 4.63. The van der Waals surface area contributed by atoms with Crippen LogP contribution in [0.1, 0.15) is 87.4 Å². The number of primary amides is 1. The highest BCUT2D eigenvalue weighted by Gasteiger charge is 2.40. The van der Waals surface area contributed by atoms with Gasteiger partial charge in [0, 0.05) is 43.6 Å². The maximum Gasteiger partial charge on any atom is 0.410 e. The molecule has 11 nitrogen and oxygen atoms in total. The number of hydrogen-bond donors (Lipinski definition) is 2. The maximum atomic E-state index is 12.9. The first kappa shape index (κ1) is 30.5. The van der Waals surface area contributed by atoms with E-state index in [1.165, 1.54) is 0 Å². The van der Waals surface area contributed by atoms with Gasteiger partial charge < -0.3 is 25.6 Å². The standard InChI is InChI=1S/C29H41N7O4/c1-6-16-34(17-7-2)26(38)21-8-10-22(11-9-21)32-25-23(24(31)37)20-36(33-25)29(12-15-30)13-18-35(19-14-29)27(39)40-28(3,4)5/h8-11,20H,6-7,12-14,16-19H2,1-5H3,(H2,31,37)(H,32,33). The monoisotopic (exact) mass is 551 g/mol. The van der Waals surface area contributed by atoms with E-state index in [9.17, 15) is 19.6 Å². The number of anilines is 2. The van der Waals surface area contributed by atoms with Crippen molar-refractivity contribution >= 4 is 29.4 Å². The van der Waals surface area contributed by atoms with Gasteiger partial charge in [-0.1, -0.05) is 13.8 Å². The summed E-state index contributed by atoms with van der Waals surface area (Å²) in [4.78, 5) is 41.3. The van der Waals surface area contributed by atoms with Crippen LogP contribution in [0.25, 0.3) is 0 Å². The van der Waals surface area contributed by atoms with Crippen LogP contribution in [0.15, 0.2) is 30.5 Å². The zero-order chi connectivity index (χ0) is 29.5. The van der Waals surface area contributed by atoms with Crippen LogP contribution < -0.4 is 11.1 Å². The molecule has 0 radical (unpaired) electrons. The summed E-state index contributed by atoms with van der Waals surface area (Å²) in [6.07, 6.45) is 4.01. The third-order valence-corrected chi connectivity index (χ3v) is 6.89. The third-order valence-electron chi connectivity index (χ3n) is 6.89. The Labute approximate surface area is 236 Å². The fraction of sp³-hybridized carbons (Fsp3) is 0.552. The number of likely N-dealkylation sites (tertiary alicyclic amines) is 1. The van der Waals surface area contributed by atoms with Crippen molar-refractivity contribution in [1.29, 1.82) is 5.26 Å². The topological polar surface area (TPSA) is 147 Å². The summed E-state index contributed by atoms with van der Waals surface area (Å²) in [5.41, 5.74) is 5.77. The lowest BCUT2D eigenvalue weighted by Gasteiger charge is -2.40. The Morgan fingerprint density at radius 1 is 1.12 bits per heavy atom. The minimum atomic E-state index is -0.713. The van der Waals surface area contributed by atoms with Crippen molar-refractivity contribution in [1.82, 2.24) is 19.6 Å². The summed E-state index contributed by atoms with van der Waals surface area (Å²) in [7, 11) is 0. The number of carbonyl (C=O) groups is 3. The van der Waals surface area contributed by atoms with E-state index < -0.39 is 23.1 Å². The lowest BCUT2D eigenvalue weighted by molar-refractivity contribution is 0.0105. The maximum absolute atomic E-state index is 12.9. The summed E-state index contributed by atoms with van der Waals surface area (Å²) in [6, 6.07) is 9.25. The summed E-state index contributed by atoms with van der Waals surface area (Å²) >= 11 is 0. The van der Waals surface area contributed by atoms with Gasteiger partial charge in [-0.15, -0.1) is 0 Å². The number of aromatic nitrogens is 2. The van der Waals surface area contributed by atoms with Crippen LogP contribution in [-0.4, -0.2) is 69.3 Å². The number of nitrogens with zero attached hydrogens (tertiary/aromatic N) is 5. The van der Waals surface area contributed by atoms with Crippen molar-refractivity contribution in [2.45, 2.75) is 77.9 Å². The number of nitriles is 1. The Bertz CT molecular complexity index is 1230. The fourth-order valence-corrected chi connectivity index (χ4v) is 4.83. The molecule has 1 aromatic carbocycles. The highest BCUT2D eigenvalue weighted by Crippen LogP contribution is 2.35. The van der Waals surface area contributed by atoms with Crippen LogP contribution in [-0.2, 0) is 10.3 Å². The lowest BCUT2D eigenvalue weighted by atomic mass is 9.85. The Morgan fingerprint density at radius 2 is 1.73 bits per heavy atom. The molecule has 40 heavy (non-hydrogen) atoms. The molecule has 1 aliphatic heterocycles. The third kappa shape index (κ3) is 7.31. The van der Waals surface area contributed by atoms with Crippen molar-refractivity contribution < 1.29 is 19.1 Å². The molecule has 1 aliphatic rings. The highest BCUT2D eigenvalue weighted by atomic mass is 16.6. The number of piperidine rings is 1. The number of hydrogen-bond acceptors (Lipinski definition) is 7. The molecular weight excluding hydrogens is 510 g/mol. The van der Waals surface area contributed by atoms with Crippen LogP contribution in [0, 0.1) is 11.3 Å². The second kappa shape index (κ2) is 12.9. The largest absolute Gasteiger partial charge is 0.444 e. The molecule has 11 heteroatoms. The molecule has 3 amide bonds. The highest BCUT2D eigenvalue weighted by molar-refractivity contribution is 5.98. The van der Waals surface area contributed by atoms with Crippen molar-refractivity contribution in [2.75, 3.05) is 31.5 Å². The molecule has 0 aliphatic carbocycles. The molecule has 0 unspecified atom stereocenters. The molecule has 2 aromatic rings. The number of nitrogens with one attached hydrogen (secondary N) is 1. The van der Waals surface area contributed by atoms with Crippen LogP contribution in [0.5, 0.6) is 0 Å². The van der Waals surface area contributed by atoms with Gasteiger partial charge in [-0.3, -0.25) is 14.3 Å². The average molecular weight is 552 g/mol. The number of carbonyl (C=O) groups excluding carboxylic acids is 3. The van der Waals surface area contributed by atoms with Gasteiger partial charge in [0.25, 0.3) is 11.8 Å². The molecule has 2 heterocycles. The second-order valence-corrected chi connectivity index (χ2v) is 11.2. The minimum absolute atomic E-state index is 0.0199. The van der Waals surface area contributed by atoms with Crippen molar-refractivity contribution in [2.24, 2.45) is 5.73 Å². The molecule has 3 N–H and O–H groups in total. The van der Waals surface area contributed by atoms with E-state index >= 15 is 0 Å². The van der Waals surface area contributed by atoms with E-state index in [-0.39, 0.29) is 23.7 Å². The number of benzene rings is 1. The molecule has 0 bridgehead atoms. The van der Waals surface area contributed by atoms with Crippen molar-refractivity contribution in [3.05, 3.63) is 41.6 Å². The summed E-state index contributed by atoms with van der Waals surface area (Å²) in [5.74, 6) is -0.417. The molecule has 0 spiro atoms. The smallest absolute Gasteiger partial charge is 0.410 e. The van der Waals surface area contributed by atoms with Crippen LogP contribution in [0.3, 0.4) is 0 Å². The van der Waals surface area contributed by atoms with Gasteiger partial charge >= 0.3 is 6.09 Å². The molecule has 0 atom stereocenters. The van der Waals surface area contributed by atoms with Gasteiger partial charge in [0.2, 0.25) is 0 Å². The van der Waals surface area contributed by atoms with Crippen molar-refractivity contribution in [3.63, 3.8) is 0 Å². The quantitative estimate of drug-likeness (QED) is 0.438. The van der Waals surface area contributed by atoms with E-state index in [1.54, 1.807) is 40.0 Å². The summed E-state index contributed by atoms with van der Waals surface area (Å²) in [5, 5.41) is 17.4. The second-order valence-electron chi connectivity index (χ2n) is 11.2. The number of amides is 3. The van der Waals surface area contributed by atoms with Crippen LogP contribution >= 0.6 is 0 Å². The van der Waals surface area contributed by atoms with Gasteiger partial charge in [-0.05, 0) is 70.7 Å². The Kier molecular flexibility index (Phi) is 9.79. The molecule has 216 valence electrons. The van der Waals surface area contributed by atoms with Crippen LogP contribution in [0.2, 0.25) is 0 Å². The SMILES string of the molecule is CCCN(CCC)C(=O)c1ccc(Nc2nn(C3(CC#N)CCN(C(=O)OC(C)(C)C)CC3)cc2C(N)=O)cc1. The molecule has 0 saturated carbocycles. The first-order chi connectivity index (χ1) is 18.9. The van der Waals surface area contributed by atoms with E-state index in [0.29, 0.717) is 50.3 Å². The van der Waals surface area contributed by atoms with E-state index in [0.717, 1.165) is 12.8 Å². The minimum Gasteiger partial charge on any atom is -0.444 e. The molecule has 1 fully saturated rings.